The zero-order chi connectivity index (χ0) is 18.0. The summed E-state index contributed by atoms with van der Waals surface area (Å²) >= 11 is 0. The molecule has 0 atom stereocenters. The van der Waals surface area contributed by atoms with Crippen molar-refractivity contribution in [1.29, 1.82) is 0 Å². The summed E-state index contributed by atoms with van der Waals surface area (Å²) in [7, 11) is 0. The van der Waals surface area contributed by atoms with E-state index >= 15 is 0 Å². The maximum atomic E-state index is 12.6. The monoisotopic (exact) mass is 352 g/mol. The van der Waals surface area contributed by atoms with Gasteiger partial charge >= 0.3 is 0 Å². The van der Waals surface area contributed by atoms with Gasteiger partial charge in [-0.1, -0.05) is 30.3 Å². The van der Waals surface area contributed by atoms with Crippen molar-refractivity contribution in [3.8, 4) is 5.75 Å². The molecule has 2 aromatic rings. The Morgan fingerprint density at radius 1 is 1.08 bits per heavy atom. The number of fused-ring (bicyclic) bond motifs is 2. The van der Waals surface area contributed by atoms with E-state index in [0.29, 0.717) is 6.61 Å². The van der Waals surface area contributed by atoms with Gasteiger partial charge in [-0.15, -0.1) is 0 Å². The predicted molar refractivity (Wildman–Crippen MR) is 100 cm³/mol. The van der Waals surface area contributed by atoms with Crippen LogP contribution in [0.2, 0.25) is 0 Å². The number of nitrogens with zero attached hydrogens (tertiary/aromatic N) is 1. The first-order valence-electron chi connectivity index (χ1n) is 9.17. The van der Waals surface area contributed by atoms with E-state index in [1.807, 2.05) is 30.3 Å². The van der Waals surface area contributed by atoms with Crippen LogP contribution in [0.4, 0.5) is 5.69 Å². The first kappa shape index (κ1) is 17.1. The molecule has 2 heterocycles. The summed E-state index contributed by atoms with van der Waals surface area (Å²) in [5.41, 5.74) is 3.02. The van der Waals surface area contributed by atoms with Gasteiger partial charge in [0.05, 0.1) is 12.0 Å². The van der Waals surface area contributed by atoms with Crippen molar-refractivity contribution in [3.05, 3.63) is 59.7 Å². The third-order valence-corrected chi connectivity index (χ3v) is 5.52. The van der Waals surface area contributed by atoms with Crippen molar-refractivity contribution < 1.29 is 14.6 Å². The molecule has 1 spiro atoms. The molecule has 1 amide bonds. The van der Waals surface area contributed by atoms with Crippen LogP contribution in [0.5, 0.6) is 5.75 Å². The van der Waals surface area contributed by atoms with Crippen molar-refractivity contribution in [1.82, 2.24) is 4.90 Å². The number of carbonyl (C=O) groups excluding carboxylic acids is 1. The molecule has 26 heavy (non-hydrogen) atoms. The number of benzene rings is 2. The van der Waals surface area contributed by atoms with E-state index in [9.17, 15) is 4.79 Å². The molecular weight excluding hydrogens is 328 g/mol. The van der Waals surface area contributed by atoms with Crippen molar-refractivity contribution in [2.45, 2.75) is 24.8 Å². The Kier molecular flexibility index (Phi) is 4.66. The number of nitrogens with one attached hydrogen (secondary N) is 1. The van der Waals surface area contributed by atoms with Gasteiger partial charge in [-0.2, -0.15) is 0 Å². The molecule has 0 aromatic heterocycles. The summed E-state index contributed by atoms with van der Waals surface area (Å²) in [5.74, 6) is 0.934. The molecule has 0 bridgehead atoms. The van der Waals surface area contributed by atoms with Crippen molar-refractivity contribution >= 4 is 11.6 Å². The Morgan fingerprint density at radius 2 is 1.81 bits per heavy atom. The second kappa shape index (κ2) is 7.09. The van der Waals surface area contributed by atoms with E-state index in [4.69, 9.17) is 9.84 Å². The molecule has 2 aliphatic rings. The highest BCUT2D eigenvalue weighted by atomic mass is 16.5. The zero-order valence-corrected chi connectivity index (χ0v) is 14.8. The average Bonchev–Trinajstić information content (AvgIpc) is 2.95. The van der Waals surface area contributed by atoms with E-state index < -0.39 is 0 Å². The number of amides is 1. The van der Waals surface area contributed by atoms with Crippen LogP contribution in [0.15, 0.2) is 48.5 Å². The lowest BCUT2D eigenvalue weighted by molar-refractivity contribution is -0.122. The number of hydrogen-bond acceptors (Lipinski definition) is 4. The fourth-order valence-corrected chi connectivity index (χ4v) is 4.08. The first-order valence-corrected chi connectivity index (χ1v) is 9.17. The standard InChI is InChI=1S/C21H24N2O3/c24-13-14-26-17-7-5-16(6-8-17)15-23-11-9-21(10-12-23)18-3-1-2-4-19(18)22-20(21)25/h1-8,24H,9-15H2,(H,22,25). The van der Waals surface area contributed by atoms with Gasteiger partial charge in [-0.3, -0.25) is 9.69 Å². The Morgan fingerprint density at radius 3 is 2.54 bits per heavy atom. The molecule has 5 nitrogen and oxygen atoms in total. The Balaban J connectivity index is 1.39. The minimum atomic E-state index is -0.352. The van der Waals surface area contributed by atoms with Crippen LogP contribution >= 0.6 is 0 Å². The molecule has 0 unspecified atom stereocenters. The highest BCUT2D eigenvalue weighted by Gasteiger charge is 2.48. The number of anilines is 1. The molecule has 136 valence electrons. The minimum Gasteiger partial charge on any atom is -0.491 e. The van der Waals surface area contributed by atoms with Crippen molar-refractivity contribution in [3.63, 3.8) is 0 Å². The first-order chi connectivity index (χ1) is 12.7. The van der Waals surface area contributed by atoms with Crippen LogP contribution in [-0.2, 0) is 16.8 Å². The maximum Gasteiger partial charge on any atom is 0.235 e. The van der Waals surface area contributed by atoms with E-state index in [0.717, 1.165) is 49.5 Å². The number of aliphatic hydroxyl groups is 1. The van der Waals surface area contributed by atoms with Crippen LogP contribution in [0.1, 0.15) is 24.0 Å². The predicted octanol–water partition coefficient (Wildman–Crippen LogP) is 2.54. The molecule has 0 radical (unpaired) electrons. The van der Waals surface area contributed by atoms with Crippen LogP contribution in [0, 0.1) is 0 Å². The second-order valence-corrected chi connectivity index (χ2v) is 7.07. The topological polar surface area (TPSA) is 61.8 Å². The molecule has 2 aliphatic heterocycles. The number of ether oxygens (including phenoxy) is 1. The number of piperidine rings is 1. The summed E-state index contributed by atoms with van der Waals surface area (Å²) in [6.07, 6.45) is 1.71. The Bertz CT molecular complexity index is 780. The van der Waals surface area contributed by atoms with Crippen molar-refractivity contribution in [2.75, 3.05) is 31.6 Å². The van der Waals surface area contributed by atoms with Gasteiger partial charge in [0.2, 0.25) is 5.91 Å². The normalized spacial score (nSPS) is 18.6. The van der Waals surface area contributed by atoms with Gasteiger partial charge in [0.1, 0.15) is 12.4 Å². The number of carbonyl (C=O) groups is 1. The summed E-state index contributed by atoms with van der Waals surface area (Å²) in [5, 5.41) is 11.9. The number of hydrogen-bond donors (Lipinski definition) is 2. The lowest BCUT2D eigenvalue weighted by atomic mass is 9.73. The lowest BCUT2D eigenvalue weighted by Crippen LogP contribution is -2.46. The number of aliphatic hydroxyl groups excluding tert-OH is 1. The molecule has 0 saturated carbocycles. The molecular formula is C21H24N2O3. The fourth-order valence-electron chi connectivity index (χ4n) is 4.08. The van der Waals surface area contributed by atoms with Gasteiger partial charge < -0.3 is 15.2 Å². The summed E-state index contributed by atoms with van der Waals surface area (Å²) in [4.78, 5) is 15.0. The molecule has 0 aliphatic carbocycles. The molecule has 1 fully saturated rings. The average molecular weight is 352 g/mol. The van der Waals surface area contributed by atoms with Gasteiger partial charge in [-0.25, -0.2) is 0 Å². The highest BCUT2D eigenvalue weighted by Crippen LogP contribution is 2.44. The van der Waals surface area contributed by atoms with Gasteiger partial charge in [0.25, 0.3) is 0 Å². The number of rotatable bonds is 5. The molecule has 5 heteroatoms. The summed E-state index contributed by atoms with van der Waals surface area (Å²) < 4.78 is 5.40. The third kappa shape index (κ3) is 3.08. The van der Waals surface area contributed by atoms with E-state index in [1.165, 1.54) is 5.56 Å². The van der Waals surface area contributed by atoms with E-state index in [1.54, 1.807) is 0 Å². The van der Waals surface area contributed by atoms with Crippen LogP contribution < -0.4 is 10.1 Å². The Labute approximate surface area is 153 Å². The minimum absolute atomic E-state index is 0.0218. The SMILES string of the molecule is O=C1Nc2ccccc2C12CCN(Cc1ccc(OCCO)cc1)CC2. The van der Waals surface area contributed by atoms with E-state index in [2.05, 4.69) is 28.4 Å². The largest absolute Gasteiger partial charge is 0.491 e. The maximum absolute atomic E-state index is 12.6. The van der Waals surface area contributed by atoms with Crippen molar-refractivity contribution in [2.24, 2.45) is 0 Å². The Hall–Kier alpha value is -2.37. The zero-order valence-electron chi connectivity index (χ0n) is 14.8. The lowest BCUT2D eigenvalue weighted by Gasteiger charge is -2.38. The molecule has 2 aromatic carbocycles. The number of para-hydroxylation sites is 1. The van der Waals surface area contributed by atoms with Gasteiger partial charge in [0.15, 0.2) is 0 Å². The molecule has 2 N–H and O–H groups in total. The smallest absolute Gasteiger partial charge is 0.235 e. The van der Waals surface area contributed by atoms with Crippen LogP contribution in [0.25, 0.3) is 0 Å². The molecule has 4 rings (SSSR count). The fraction of sp³-hybridized carbons (Fsp3) is 0.381. The van der Waals surface area contributed by atoms with E-state index in [-0.39, 0.29) is 17.9 Å². The summed E-state index contributed by atoms with van der Waals surface area (Å²) in [6.45, 7) is 3.03. The number of likely N-dealkylation sites (tertiary alicyclic amines) is 1. The molecule has 1 saturated heterocycles. The second-order valence-electron chi connectivity index (χ2n) is 7.07. The van der Waals surface area contributed by atoms with Gasteiger partial charge in [-0.05, 0) is 55.3 Å². The highest BCUT2D eigenvalue weighted by molar-refractivity contribution is 6.06. The quantitative estimate of drug-likeness (QED) is 0.868. The van der Waals surface area contributed by atoms with Gasteiger partial charge in [0, 0.05) is 12.2 Å². The van der Waals surface area contributed by atoms with Crippen LogP contribution in [-0.4, -0.2) is 42.2 Å². The summed E-state index contributed by atoms with van der Waals surface area (Å²) in [6, 6.07) is 16.1. The van der Waals surface area contributed by atoms with Crippen LogP contribution in [0.3, 0.4) is 0 Å². The third-order valence-electron chi connectivity index (χ3n) is 5.52.